The molecule has 2 heterocycles. The summed E-state index contributed by atoms with van der Waals surface area (Å²) in [6, 6.07) is 0. The van der Waals surface area contributed by atoms with Crippen LogP contribution in [0.15, 0.2) is 0 Å². The molecule has 0 aromatic carbocycles. The number of morpholine rings is 1. The fraction of sp³-hybridized carbons (Fsp3) is 0.833. The summed E-state index contributed by atoms with van der Waals surface area (Å²) in [4.78, 5) is 27.3. The van der Waals surface area contributed by atoms with E-state index < -0.39 is 0 Å². The molecule has 102 valence electrons. The van der Waals surface area contributed by atoms with Crippen LogP contribution in [0.25, 0.3) is 0 Å². The monoisotopic (exact) mass is 256 g/mol. The first kappa shape index (κ1) is 13.3. The Bertz CT molecular complexity index is 334. The number of carbonyl (C=O) groups excluding carboxylic acids is 2. The van der Waals surface area contributed by atoms with E-state index in [0.29, 0.717) is 39.2 Å². The van der Waals surface area contributed by atoms with Crippen LogP contribution in [0.3, 0.4) is 0 Å². The molecule has 18 heavy (non-hydrogen) atoms. The van der Waals surface area contributed by atoms with Crippen molar-refractivity contribution in [1.82, 2.24) is 9.80 Å². The highest BCUT2D eigenvalue weighted by molar-refractivity contribution is 5.89. The Hall–Kier alpha value is -1.14. The summed E-state index contributed by atoms with van der Waals surface area (Å²) in [6.07, 6.45) is 0.0236. The van der Waals surface area contributed by atoms with Crippen LogP contribution in [0.5, 0.6) is 0 Å². The predicted octanol–water partition coefficient (Wildman–Crippen LogP) is -0.925. The number of nitrogens with zero attached hydrogens (tertiary/aromatic N) is 2. The van der Waals surface area contributed by atoms with Crippen LogP contribution in [-0.4, -0.2) is 72.2 Å². The van der Waals surface area contributed by atoms with Crippen molar-refractivity contribution in [3.8, 4) is 0 Å². The molecule has 0 saturated carbocycles. The molecule has 0 aromatic rings. The number of carbonyl (C=O) groups is 2. The van der Waals surface area contributed by atoms with Crippen LogP contribution in [0, 0.1) is 5.92 Å². The lowest BCUT2D eigenvalue weighted by Crippen LogP contribution is -2.49. The fourth-order valence-corrected chi connectivity index (χ4v) is 2.53. The van der Waals surface area contributed by atoms with E-state index in [-0.39, 0.29) is 30.4 Å². The van der Waals surface area contributed by atoms with Crippen LogP contribution in [0.1, 0.15) is 13.3 Å². The van der Waals surface area contributed by atoms with Crippen LogP contribution in [-0.2, 0) is 14.3 Å². The third-order valence-electron chi connectivity index (χ3n) is 3.60. The van der Waals surface area contributed by atoms with Gasteiger partial charge in [0.2, 0.25) is 11.8 Å². The summed E-state index contributed by atoms with van der Waals surface area (Å²) in [5.41, 5.74) is 0. The largest absolute Gasteiger partial charge is 0.394 e. The number of aliphatic hydroxyl groups excluding tert-OH is 1. The molecule has 0 spiro atoms. The molecular formula is C12H20N2O4. The zero-order valence-corrected chi connectivity index (χ0v) is 10.7. The average molecular weight is 256 g/mol. The Morgan fingerprint density at radius 3 is 2.89 bits per heavy atom. The van der Waals surface area contributed by atoms with Gasteiger partial charge in [-0.1, -0.05) is 0 Å². The highest BCUT2D eigenvalue weighted by atomic mass is 16.5. The number of aliphatic hydroxyl groups is 1. The molecule has 2 aliphatic rings. The SMILES string of the molecule is CCN1CC(C(=O)N2CCOC(CO)C2)CC1=O. The van der Waals surface area contributed by atoms with Gasteiger partial charge in [-0.05, 0) is 6.92 Å². The van der Waals surface area contributed by atoms with Crippen LogP contribution < -0.4 is 0 Å². The molecule has 2 amide bonds. The minimum absolute atomic E-state index is 0.0149. The van der Waals surface area contributed by atoms with Crippen molar-refractivity contribution in [2.75, 3.05) is 39.4 Å². The maximum Gasteiger partial charge on any atom is 0.228 e. The molecule has 2 aliphatic heterocycles. The molecule has 0 aliphatic carbocycles. The minimum Gasteiger partial charge on any atom is -0.394 e. The van der Waals surface area contributed by atoms with Crippen LogP contribution >= 0.6 is 0 Å². The van der Waals surface area contributed by atoms with Gasteiger partial charge in [0.25, 0.3) is 0 Å². The van der Waals surface area contributed by atoms with Crippen LogP contribution in [0.2, 0.25) is 0 Å². The van der Waals surface area contributed by atoms with Gasteiger partial charge in [0, 0.05) is 32.6 Å². The number of hydrogen-bond donors (Lipinski definition) is 1. The van der Waals surface area contributed by atoms with E-state index in [1.54, 1.807) is 9.80 Å². The predicted molar refractivity (Wildman–Crippen MR) is 63.8 cm³/mol. The average Bonchev–Trinajstić information content (AvgIpc) is 2.79. The fourth-order valence-electron chi connectivity index (χ4n) is 2.53. The molecule has 2 fully saturated rings. The van der Waals surface area contributed by atoms with Crippen molar-refractivity contribution in [3.05, 3.63) is 0 Å². The first-order valence-electron chi connectivity index (χ1n) is 6.44. The van der Waals surface area contributed by atoms with Crippen molar-refractivity contribution in [1.29, 1.82) is 0 Å². The highest BCUT2D eigenvalue weighted by Crippen LogP contribution is 2.21. The van der Waals surface area contributed by atoms with Crippen molar-refractivity contribution < 1.29 is 19.4 Å². The molecule has 6 heteroatoms. The Balaban J connectivity index is 1.93. The molecule has 0 aromatic heterocycles. The van der Waals surface area contributed by atoms with Gasteiger partial charge in [-0.3, -0.25) is 9.59 Å². The summed E-state index contributed by atoms with van der Waals surface area (Å²) in [5, 5.41) is 9.05. The van der Waals surface area contributed by atoms with E-state index in [4.69, 9.17) is 9.84 Å². The number of rotatable bonds is 3. The number of hydrogen-bond acceptors (Lipinski definition) is 4. The zero-order valence-electron chi connectivity index (χ0n) is 10.7. The molecule has 1 N–H and O–H groups in total. The van der Waals surface area contributed by atoms with Crippen LogP contribution in [0.4, 0.5) is 0 Å². The Morgan fingerprint density at radius 1 is 1.50 bits per heavy atom. The first-order valence-corrected chi connectivity index (χ1v) is 6.44. The molecular weight excluding hydrogens is 236 g/mol. The summed E-state index contributed by atoms with van der Waals surface area (Å²) in [7, 11) is 0. The maximum atomic E-state index is 12.3. The Morgan fingerprint density at radius 2 is 2.28 bits per heavy atom. The molecule has 2 rings (SSSR count). The van der Waals surface area contributed by atoms with E-state index in [0.717, 1.165) is 0 Å². The van der Waals surface area contributed by atoms with Crippen molar-refractivity contribution in [2.45, 2.75) is 19.4 Å². The normalized spacial score (nSPS) is 28.9. The van der Waals surface area contributed by atoms with Gasteiger partial charge in [-0.15, -0.1) is 0 Å². The maximum absolute atomic E-state index is 12.3. The van der Waals surface area contributed by atoms with Crippen molar-refractivity contribution in [3.63, 3.8) is 0 Å². The number of amides is 2. The summed E-state index contributed by atoms with van der Waals surface area (Å²) >= 11 is 0. The van der Waals surface area contributed by atoms with E-state index >= 15 is 0 Å². The molecule has 0 radical (unpaired) electrons. The van der Waals surface area contributed by atoms with Gasteiger partial charge in [-0.25, -0.2) is 0 Å². The van der Waals surface area contributed by atoms with Gasteiger partial charge in [0.1, 0.15) is 0 Å². The molecule has 2 saturated heterocycles. The second kappa shape index (κ2) is 5.67. The highest BCUT2D eigenvalue weighted by Gasteiger charge is 2.37. The van der Waals surface area contributed by atoms with Crippen molar-refractivity contribution >= 4 is 11.8 Å². The lowest BCUT2D eigenvalue weighted by molar-refractivity contribution is -0.144. The first-order chi connectivity index (χ1) is 8.65. The van der Waals surface area contributed by atoms with Gasteiger partial charge in [0.15, 0.2) is 0 Å². The second-order valence-corrected chi connectivity index (χ2v) is 4.79. The van der Waals surface area contributed by atoms with Gasteiger partial charge >= 0.3 is 0 Å². The lowest BCUT2D eigenvalue weighted by atomic mass is 10.1. The van der Waals surface area contributed by atoms with Gasteiger partial charge in [0.05, 0.1) is 25.2 Å². The molecule has 6 nitrogen and oxygen atoms in total. The Labute approximate surface area is 106 Å². The van der Waals surface area contributed by atoms with Gasteiger partial charge in [-0.2, -0.15) is 0 Å². The molecule has 2 atom stereocenters. The summed E-state index contributed by atoms with van der Waals surface area (Å²) in [6.45, 7) is 4.45. The van der Waals surface area contributed by atoms with Crippen molar-refractivity contribution in [2.24, 2.45) is 5.92 Å². The molecule has 2 unspecified atom stereocenters. The lowest BCUT2D eigenvalue weighted by Gasteiger charge is -2.33. The van der Waals surface area contributed by atoms with E-state index in [2.05, 4.69) is 0 Å². The van der Waals surface area contributed by atoms with Gasteiger partial charge < -0.3 is 19.6 Å². The third kappa shape index (κ3) is 2.64. The van der Waals surface area contributed by atoms with E-state index in [1.165, 1.54) is 0 Å². The standard InChI is InChI=1S/C12H20N2O4/c1-2-13-6-9(5-11(13)16)12(17)14-3-4-18-10(7-14)8-15/h9-10,15H,2-8H2,1H3. The smallest absolute Gasteiger partial charge is 0.228 e. The number of likely N-dealkylation sites (tertiary alicyclic amines) is 1. The number of ether oxygens (including phenoxy) is 1. The second-order valence-electron chi connectivity index (χ2n) is 4.79. The quantitative estimate of drug-likeness (QED) is 0.708. The van der Waals surface area contributed by atoms with E-state index in [9.17, 15) is 9.59 Å². The minimum atomic E-state index is -0.290. The summed E-state index contributed by atoms with van der Waals surface area (Å²) in [5.74, 6) is -0.154. The zero-order chi connectivity index (χ0) is 13.1. The van der Waals surface area contributed by atoms with E-state index in [1.807, 2.05) is 6.92 Å². The molecule has 0 bridgehead atoms. The summed E-state index contributed by atoms with van der Waals surface area (Å²) < 4.78 is 5.31. The topological polar surface area (TPSA) is 70.1 Å². The Kier molecular flexibility index (Phi) is 4.19. The third-order valence-corrected chi connectivity index (χ3v) is 3.60.